The lowest BCUT2D eigenvalue weighted by molar-refractivity contribution is 0.0808. The largest absolute Gasteiger partial charge is 0.328 e. The van der Waals surface area contributed by atoms with Crippen molar-refractivity contribution in [1.82, 2.24) is 19.4 Å². The minimum absolute atomic E-state index is 0.0833. The predicted molar refractivity (Wildman–Crippen MR) is 157 cm³/mol. The maximum absolute atomic E-state index is 14.2. The predicted octanol–water partition coefficient (Wildman–Crippen LogP) is 5.97. The van der Waals surface area contributed by atoms with E-state index in [-0.39, 0.29) is 48.9 Å². The van der Waals surface area contributed by atoms with Gasteiger partial charge in [0.05, 0.1) is 29.9 Å². The molecule has 41 heavy (non-hydrogen) atoms. The van der Waals surface area contributed by atoms with Gasteiger partial charge in [-0.25, -0.2) is 22.6 Å². The van der Waals surface area contributed by atoms with Gasteiger partial charge in [0.15, 0.2) is 9.84 Å². The van der Waals surface area contributed by atoms with Crippen molar-refractivity contribution in [2.75, 3.05) is 37.8 Å². The number of aromatic nitrogens is 2. The molecule has 2 amide bonds. The smallest absolute Gasteiger partial charge is 0.320 e. The highest BCUT2D eigenvalue weighted by Gasteiger charge is 2.40. The van der Waals surface area contributed by atoms with Crippen LogP contribution in [0, 0.1) is 17.2 Å². The van der Waals surface area contributed by atoms with Crippen molar-refractivity contribution in [2.45, 2.75) is 46.7 Å². The van der Waals surface area contributed by atoms with Crippen LogP contribution < -0.4 is 0 Å². The number of amides is 2. The molecular weight excluding hydrogens is 546 g/mol. The Morgan fingerprint density at radius 2 is 1.76 bits per heavy atom. The summed E-state index contributed by atoms with van der Waals surface area (Å²) < 4.78 is 53.9. The number of nitrogens with zero attached hydrogens (tertiary/aromatic N) is 4. The number of sulfone groups is 1. The Balaban J connectivity index is 1.82. The molecule has 1 saturated heterocycles. The van der Waals surface area contributed by atoms with Crippen LogP contribution >= 0.6 is 0 Å². The van der Waals surface area contributed by atoms with Crippen molar-refractivity contribution in [3.05, 3.63) is 78.0 Å². The Morgan fingerprint density at radius 1 is 1.07 bits per heavy atom. The number of carbonyl (C=O) groups is 1. The summed E-state index contributed by atoms with van der Waals surface area (Å²) in [6.45, 7) is 8.37. The molecule has 0 spiro atoms. The quantitative estimate of drug-likeness (QED) is 0.310. The van der Waals surface area contributed by atoms with Gasteiger partial charge in [0.2, 0.25) is 0 Å². The maximum atomic E-state index is 14.2. The van der Waals surface area contributed by atoms with Crippen LogP contribution in [0.2, 0.25) is 0 Å². The molecule has 2 aromatic carbocycles. The molecule has 0 unspecified atom stereocenters. The number of benzene rings is 2. The fraction of sp³-hybridized carbons (Fsp3) is 0.484. The molecule has 2 heterocycles. The first-order valence-corrected chi connectivity index (χ1v) is 15.9. The third-order valence-electron chi connectivity index (χ3n) is 7.49. The third kappa shape index (κ3) is 7.72. The standard InChI is InChI=1S/C31H40F2N4O3S/c1-23(20-32)13-14-37(30(38)35-15-17-41(39,40)18-16-35)28(31(2,3)4)29-34-27(25-11-8-12-26(33)19-25)22-36(29)21-24-9-6-5-7-10-24/h5-12,19,22-23,28H,13-18,20-21H2,1-4H3/t23-,28+/m1/s1. The lowest BCUT2D eigenvalue weighted by Crippen LogP contribution is -2.53. The molecule has 0 N–H and O–H groups in total. The first-order valence-electron chi connectivity index (χ1n) is 14.1. The zero-order valence-corrected chi connectivity index (χ0v) is 25.1. The minimum Gasteiger partial charge on any atom is -0.328 e. The zero-order chi connectivity index (χ0) is 29.8. The molecule has 3 aromatic rings. The Hall–Kier alpha value is -3.27. The van der Waals surface area contributed by atoms with Gasteiger partial charge < -0.3 is 14.4 Å². The van der Waals surface area contributed by atoms with Crippen molar-refractivity contribution in [2.24, 2.45) is 11.3 Å². The fourth-order valence-electron chi connectivity index (χ4n) is 5.19. The van der Waals surface area contributed by atoms with E-state index in [4.69, 9.17) is 4.98 Å². The molecule has 222 valence electrons. The van der Waals surface area contributed by atoms with Crippen LogP contribution in [0.1, 0.15) is 51.5 Å². The van der Waals surface area contributed by atoms with Crippen LogP contribution in [0.25, 0.3) is 11.3 Å². The molecule has 10 heteroatoms. The van der Waals surface area contributed by atoms with Crippen LogP contribution in [0.4, 0.5) is 13.6 Å². The van der Waals surface area contributed by atoms with E-state index in [0.717, 1.165) is 5.56 Å². The molecule has 1 aliphatic heterocycles. The van der Waals surface area contributed by atoms with E-state index < -0.39 is 28.0 Å². The molecule has 1 aromatic heterocycles. The number of alkyl halides is 1. The Bertz CT molecular complexity index is 1420. The molecule has 1 fully saturated rings. The zero-order valence-electron chi connectivity index (χ0n) is 24.3. The summed E-state index contributed by atoms with van der Waals surface area (Å²) in [6, 6.07) is 15.3. The third-order valence-corrected chi connectivity index (χ3v) is 9.10. The lowest BCUT2D eigenvalue weighted by atomic mass is 9.84. The van der Waals surface area contributed by atoms with Gasteiger partial charge in [0.1, 0.15) is 11.6 Å². The van der Waals surface area contributed by atoms with Gasteiger partial charge in [-0.05, 0) is 35.4 Å². The van der Waals surface area contributed by atoms with Crippen LogP contribution in [0.5, 0.6) is 0 Å². The van der Waals surface area contributed by atoms with Crippen LogP contribution in [0.15, 0.2) is 60.8 Å². The molecule has 0 bridgehead atoms. The topological polar surface area (TPSA) is 75.5 Å². The van der Waals surface area contributed by atoms with E-state index in [0.29, 0.717) is 30.0 Å². The van der Waals surface area contributed by atoms with E-state index in [2.05, 4.69) is 0 Å². The van der Waals surface area contributed by atoms with Crippen LogP contribution in [-0.4, -0.2) is 71.6 Å². The minimum atomic E-state index is -3.19. The van der Waals surface area contributed by atoms with Gasteiger partial charge in [0.25, 0.3) is 0 Å². The number of hydrogen-bond acceptors (Lipinski definition) is 4. The molecule has 2 atom stereocenters. The van der Waals surface area contributed by atoms with E-state index in [9.17, 15) is 22.0 Å². The molecule has 4 rings (SSSR count). The summed E-state index contributed by atoms with van der Waals surface area (Å²) in [5.74, 6) is -0.155. The van der Waals surface area contributed by atoms with Crippen LogP contribution in [0.3, 0.4) is 0 Å². The second-order valence-electron chi connectivity index (χ2n) is 12.0. The number of carbonyl (C=O) groups excluding carboxylic acids is 1. The monoisotopic (exact) mass is 586 g/mol. The van der Waals surface area contributed by atoms with E-state index in [1.807, 2.05) is 61.9 Å². The van der Waals surface area contributed by atoms with Gasteiger partial charge in [0, 0.05) is 37.9 Å². The number of imidazole rings is 1. The number of halogens is 2. The summed E-state index contributed by atoms with van der Waals surface area (Å²) in [4.78, 5) is 22.5. The first-order chi connectivity index (χ1) is 19.4. The van der Waals surface area contributed by atoms with Gasteiger partial charge in [-0.1, -0.05) is 70.2 Å². The fourth-order valence-corrected chi connectivity index (χ4v) is 6.39. The lowest BCUT2D eigenvalue weighted by Gasteiger charge is -2.43. The van der Waals surface area contributed by atoms with Crippen molar-refractivity contribution < 1.29 is 22.0 Å². The second-order valence-corrected chi connectivity index (χ2v) is 14.3. The van der Waals surface area contributed by atoms with Crippen molar-refractivity contribution in [3.8, 4) is 11.3 Å². The van der Waals surface area contributed by atoms with E-state index in [1.54, 1.807) is 28.9 Å². The van der Waals surface area contributed by atoms with E-state index in [1.165, 1.54) is 12.1 Å². The van der Waals surface area contributed by atoms with Crippen molar-refractivity contribution >= 4 is 15.9 Å². The number of urea groups is 1. The molecule has 0 aliphatic carbocycles. The Morgan fingerprint density at radius 3 is 2.37 bits per heavy atom. The highest BCUT2D eigenvalue weighted by atomic mass is 32.2. The summed E-state index contributed by atoms with van der Waals surface area (Å²) in [5.41, 5.74) is 1.74. The first kappa shape index (κ1) is 30.7. The molecular formula is C31H40F2N4O3S. The second kappa shape index (κ2) is 12.7. The summed E-state index contributed by atoms with van der Waals surface area (Å²) in [5, 5.41) is 0. The van der Waals surface area contributed by atoms with Crippen molar-refractivity contribution in [3.63, 3.8) is 0 Å². The normalized spacial score (nSPS) is 16.8. The SMILES string of the molecule is C[C@@H](CF)CCN(C(=O)N1CCS(=O)(=O)CC1)[C@@H](c1nc(-c2cccc(F)c2)cn1Cc1ccccc1)C(C)(C)C. The Labute approximate surface area is 242 Å². The van der Waals surface area contributed by atoms with Crippen molar-refractivity contribution in [1.29, 1.82) is 0 Å². The Kier molecular flexibility index (Phi) is 9.51. The molecule has 1 aliphatic rings. The highest BCUT2D eigenvalue weighted by Crippen LogP contribution is 2.40. The molecule has 0 saturated carbocycles. The summed E-state index contributed by atoms with van der Waals surface area (Å²) in [6.07, 6.45) is 2.33. The average molecular weight is 587 g/mol. The van der Waals surface area contributed by atoms with Gasteiger partial charge in [-0.15, -0.1) is 0 Å². The van der Waals surface area contributed by atoms with Gasteiger partial charge in [-0.3, -0.25) is 4.39 Å². The van der Waals surface area contributed by atoms with E-state index >= 15 is 0 Å². The summed E-state index contributed by atoms with van der Waals surface area (Å²) >= 11 is 0. The van der Waals surface area contributed by atoms with Gasteiger partial charge >= 0.3 is 6.03 Å². The molecule has 7 nitrogen and oxygen atoms in total. The average Bonchev–Trinajstić information content (AvgIpc) is 3.33. The highest BCUT2D eigenvalue weighted by molar-refractivity contribution is 7.91. The van der Waals surface area contributed by atoms with Crippen LogP contribution in [-0.2, 0) is 16.4 Å². The number of hydrogen-bond donors (Lipinski definition) is 0. The number of rotatable bonds is 9. The summed E-state index contributed by atoms with van der Waals surface area (Å²) in [7, 11) is -3.19. The maximum Gasteiger partial charge on any atom is 0.320 e. The molecule has 0 radical (unpaired) electrons. The van der Waals surface area contributed by atoms with Gasteiger partial charge in [-0.2, -0.15) is 0 Å².